The van der Waals surface area contributed by atoms with Gasteiger partial charge >= 0.3 is 0 Å². The van der Waals surface area contributed by atoms with Gasteiger partial charge in [0.25, 0.3) is 0 Å². The maximum Gasteiger partial charge on any atom is 0.223 e. The molecule has 5 nitrogen and oxygen atoms in total. The Hall–Kier alpha value is -2.18. The number of hydrogen-bond donors (Lipinski definition) is 0. The normalized spacial score (nSPS) is 22.1. The van der Waals surface area contributed by atoms with E-state index in [2.05, 4.69) is 47.5 Å². The average molecular weight is 426 g/mol. The Morgan fingerprint density at radius 1 is 1.10 bits per heavy atom. The highest BCUT2D eigenvalue weighted by molar-refractivity contribution is 7.10. The third-order valence-electron chi connectivity index (χ3n) is 6.55. The number of fused-ring (bicyclic) bond motifs is 1. The quantitative estimate of drug-likeness (QED) is 0.753. The predicted octanol–water partition coefficient (Wildman–Crippen LogP) is 3.47. The lowest BCUT2D eigenvalue weighted by Crippen LogP contribution is -2.55. The molecule has 6 heteroatoms. The summed E-state index contributed by atoms with van der Waals surface area (Å²) in [6, 6.07) is 11.2. The maximum absolute atomic E-state index is 13.0. The molecule has 30 heavy (non-hydrogen) atoms. The summed E-state index contributed by atoms with van der Waals surface area (Å²) in [5, 5.41) is 2.19. The number of carbonyl (C=O) groups excluding carboxylic acids is 2. The van der Waals surface area contributed by atoms with Crippen LogP contribution in [0.1, 0.15) is 47.9 Å². The number of rotatable bonds is 4. The molecular weight excluding hydrogens is 394 g/mol. The summed E-state index contributed by atoms with van der Waals surface area (Å²) in [5.74, 6) is 0.292. The van der Waals surface area contributed by atoms with Gasteiger partial charge in [0.1, 0.15) is 0 Å². The van der Waals surface area contributed by atoms with Crippen molar-refractivity contribution in [3.63, 3.8) is 0 Å². The van der Waals surface area contributed by atoms with E-state index in [4.69, 9.17) is 0 Å². The van der Waals surface area contributed by atoms with Crippen molar-refractivity contribution >= 4 is 23.2 Å². The van der Waals surface area contributed by atoms with Gasteiger partial charge in [-0.3, -0.25) is 14.5 Å². The molecule has 1 saturated heterocycles. The van der Waals surface area contributed by atoms with Crippen molar-refractivity contribution in [2.45, 2.75) is 45.7 Å². The van der Waals surface area contributed by atoms with Crippen LogP contribution < -0.4 is 0 Å². The number of piperazine rings is 1. The first-order valence-electron chi connectivity index (χ1n) is 10.9. The molecule has 0 bridgehead atoms. The second-order valence-corrected chi connectivity index (χ2v) is 9.50. The van der Waals surface area contributed by atoms with Crippen molar-refractivity contribution < 1.29 is 9.59 Å². The predicted molar refractivity (Wildman–Crippen MR) is 121 cm³/mol. The van der Waals surface area contributed by atoms with Gasteiger partial charge in [-0.05, 0) is 48.4 Å². The molecular formula is C24H31N3O2S. The van der Waals surface area contributed by atoms with E-state index >= 15 is 0 Å². The van der Waals surface area contributed by atoms with Gasteiger partial charge in [-0.15, -0.1) is 11.3 Å². The zero-order valence-electron chi connectivity index (χ0n) is 18.1. The number of carbonyl (C=O) groups is 2. The van der Waals surface area contributed by atoms with Gasteiger partial charge in [0.2, 0.25) is 11.8 Å². The van der Waals surface area contributed by atoms with E-state index in [0.29, 0.717) is 26.1 Å². The van der Waals surface area contributed by atoms with Crippen LogP contribution in [0.5, 0.6) is 0 Å². The van der Waals surface area contributed by atoms with E-state index in [1.165, 1.54) is 21.6 Å². The zero-order chi connectivity index (χ0) is 21.3. The number of nitrogens with zero attached hydrogens (tertiary/aromatic N) is 3. The SMILES string of the molecule is CC(=O)N1CCN(C(=O)CCN2CCc3sccc3[C@H]2c2ccccc2C)C[C@@H]1C. The van der Waals surface area contributed by atoms with Crippen molar-refractivity contribution in [1.29, 1.82) is 0 Å². The molecule has 1 aromatic carbocycles. The second-order valence-electron chi connectivity index (χ2n) is 8.50. The minimum Gasteiger partial charge on any atom is -0.339 e. The highest BCUT2D eigenvalue weighted by Crippen LogP contribution is 2.38. The lowest BCUT2D eigenvalue weighted by atomic mass is 9.90. The largest absolute Gasteiger partial charge is 0.339 e. The molecule has 0 spiro atoms. The fraction of sp³-hybridized carbons (Fsp3) is 0.500. The Balaban J connectivity index is 1.45. The Bertz CT molecular complexity index is 925. The van der Waals surface area contributed by atoms with Crippen LogP contribution in [-0.4, -0.2) is 65.3 Å². The van der Waals surface area contributed by atoms with Gasteiger partial charge in [0, 0.05) is 57.0 Å². The van der Waals surface area contributed by atoms with Crippen LogP contribution in [0, 0.1) is 6.92 Å². The Kier molecular flexibility index (Phi) is 6.25. The van der Waals surface area contributed by atoms with Crippen LogP contribution >= 0.6 is 11.3 Å². The highest BCUT2D eigenvalue weighted by atomic mass is 32.1. The third kappa shape index (κ3) is 4.16. The smallest absolute Gasteiger partial charge is 0.223 e. The molecule has 1 aromatic heterocycles. The van der Waals surface area contributed by atoms with Crippen molar-refractivity contribution in [3.8, 4) is 0 Å². The van der Waals surface area contributed by atoms with Crippen molar-refractivity contribution in [2.24, 2.45) is 0 Å². The summed E-state index contributed by atoms with van der Waals surface area (Å²) >= 11 is 1.85. The fourth-order valence-electron chi connectivity index (χ4n) is 4.92. The average Bonchev–Trinajstić information content (AvgIpc) is 3.20. The molecule has 2 aromatic rings. The molecule has 0 aliphatic carbocycles. The van der Waals surface area contributed by atoms with Gasteiger partial charge in [0.05, 0.1) is 6.04 Å². The molecule has 0 N–H and O–H groups in total. The molecule has 3 heterocycles. The number of benzene rings is 1. The minimum atomic E-state index is 0.0864. The topological polar surface area (TPSA) is 43.9 Å². The van der Waals surface area contributed by atoms with Gasteiger partial charge in [-0.1, -0.05) is 24.3 Å². The van der Waals surface area contributed by atoms with Crippen molar-refractivity contribution in [3.05, 3.63) is 57.3 Å². The summed E-state index contributed by atoms with van der Waals surface area (Å²) in [7, 11) is 0. The molecule has 4 rings (SSSR count). The van der Waals surface area contributed by atoms with E-state index in [1.54, 1.807) is 6.92 Å². The number of aryl methyl sites for hydroxylation is 1. The standard InChI is InChI=1S/C24H31N3O2S/c1-17-6-4-5-7-20(17)24-21-10-15-30-22(21)8-11-25(24)12-9-23(29)26-13-14-27(19(3)28)18(2)16-26/h4-7,10,15,18,24H,8-9,11-14,16H2,1-3H3/t18-,24+/m0/s1. The molecule has 2 aliphatic rings. The maximum atomic E-state index is 13.0. The van der Waals surface area contributed by atoms with E-state index in [1.807, 2.05) is 28.1 Å². The van der Waals surface area contributed by atoms with Crippen LogP contribution in [0.3, 0.4) is 0 Å². The van der Waals surface area contributed by atoms with Gasteiger partial charge < -0.3 is 9.80 Å². The van der Waals surface area contributed by atoms with Gasteiger partial charge in [-0.25, -0.2) is 0 Å². The molecule has 0 saturated carbocycles. The monoisotopic (exact) mass is 425 g/mol. The number of amides is 2. The molecule has 2 amide bonds. The molecule has 2 atom stereocenters. The first kappa shape index (κ1) is 21.1. The second kappa shape index (κ2) is 8.90. The summed E-state index contributed by atoms with van der Waals surface area (Å²) in [6.07, 6.45) is 1.58. The summed E-state index contributed by atoms with van der Waals surface area (Å²) < 4.78 is 0. The van der Waals surface area contributed by atoms with Crippen LogP contribution in [0.2, 0.25) is 0 Å². The summed E-state index contributed by atoms with van der Waals surface area (Å²) in [6.45, 7) is 9.45. The Labute approximate surface area is 183 Å². The summed E-state index contributed by atoms with van der Waals surface area (Å²) in [4.78, 5) is 32.4. The van der Waals surface area contributed by atoms with E-state index in [0.717, 1.165) is 19.5 Å². The van der Waals surface area contributed by atoms with Crippen LogP contribution in [0.15, 0.2) is 35.7 Å². The molecule has 0 radical (unpaired) electrons. The van der Waals surface area contributed by atoms with Gasteiger partial charge in [-0.2, -0.15) is 0 Å². The lowest BCUT2D eigenvalue weighted by Gasteiger charge is -2.40. The van der Waals surface area contributed by atoms with E-state index in [-0.39, 0.29) is 23.9 Å². The Morgan fingerprint density at radius 2 is 1.90 bits per heavy atom. The molecule has 0 unspecified atom stereocenters. The van der Waals surface area contributed by atoms with Crippen LogP contribution in [0.25, 0.3) is 0 Å². The molecule has 160 valence electrons. The lowest BCUT2D eigenvalue weighted by molar-refractivity contribution is -0.141. The van der Waals surface area contributed by atoms with Crippen LogP contribution in [0.4, 0.5) is 0 Å². The van der Waals surface area contributed by atoms with E-state index in [9.17, 15) is 9.59 Å². The number of thiophene rings is 1. The molecule has 2 aliphatic heterocycles. The van der Waals surface area contributed by atoms with Crippen molar-refractivity contribution in [1.82, 2.24) is 14.7 Å². The highest BCUT2D eigenvalue weighted by Gasteiger charge is 2.32. The number of hydrogen-bond acceptors (Lipinski definition) is 4. The Morgan fingerprint density at radius 3 is 2.63 bits per heavy atom. The third-order valence-corrected chi connectivity index (χ3v) is 7.54. The van der Waals surface area contributed by atoms with Crippen LogP contribution in [-0.2, 0) is 16.0 Å². The van der Waals surface area contributed by atoms with Gasteiger partial charge in [0.15, 0.2) is 0 Å². The first-order chi connectivity index (χ1) is 14.5. The van der Waals surface area contributed by atoms with E-state index < -0.39 is 0 Å². The summed E-state index contributed by atoms with van der Waals surface area (Å²) in [5.41, 5.74) is 4.04. The first-order valence-corrected chi connectivity index (χ1v) is 11.7. The zero-order valence-corrected chi connectivity index (χ0v) is 19.0. The van der Waals surface area contributed by atoms with Crippen molar-refractivity contribution in [2.75, 3.05) is 32.7 Å². The minimum absolute atomic E-state index is 0.0864. The molecule has 1 fully saturated rings. The fourth-order valence-corrected chi connectivity index (χ4v) is 5.82.